The Kier molecular flexibility index (Phi) is 5.06. The van der Waals surface area contributed by atoms with Crippen LogP contribution in [0.25, 0.3) is 0 Å². The van der Waals surface area contributed by atoms with Gasteiger partial charge in [0.05, 0.1) is 13.1 Å². The first-order valence-electron chi connectivity index (χ1n) is 7.69. The third-order valence-electron chi connectivity index (χ3n) is 3.90. The Morgan fingerprint density at radius 1 is 1.25 bits per heavy atom. The fourth-order valence-electron chi connectivity index (χ4n) is 2.61. The average Bonchev–Trinajstić information content (AvgIpc) is 2.83. The topological polar surface area (TPSA) is 28.4 Å². The van der Waals surface area contributed by atoms with Crippen molar-refractivity contribution in [3.05, 3.63) is 35.3 Å². The molecule has 3 heteroatoms. The average molecular weight is 276 g/mol. The lowest BCUT2D eigenvalue weighted by molar-refractivity contribution is 0.247. The summed E-state index contributed by atoms with van der Waals surface area (Å²) < 4.78 is 5.86. The summed E-state index contributed by atoms with van der Waals surface area (Å²) in [4.78, 5) is 2.45. The molecule has 2 rings (SSSR count). The normalized spacial score (nSPS) is 17.3. The lowest BCUT2D eigenvalue weighted by Crippen LogP contribution is -2.30. The monoisotopic (exact) mass is 276 g/mol. The zero-order valence-corrected chi connectivity index (χ0v) is 13.3. The predicted octanol–water partition coefficient (Wildman–Crippen LogP) is 3.57. The molecule has 0 amide bonds. The van der Waals surface area contributed by atoms with Crippen molar-refractivity contribution in [2.45, 2.75) is 47.2 Å². The van der Waals surface area contributed by atoms with Gasteiger partial charge in [0.15, 0.2) is 0 Å². The standard InChI is InChI=1S/C17H28N2O/c1-5-18-12-15-6-7-16(20-15)13-19-10-8-14(9-11-19)17(2,3)4/h6-8,18H,5,9-13H2,1-4H3. The molecule has 0 bridgehead atoms. The summed E-state index contributed by atoms with van der Waals surface area (Å²) >= 11 is 0. The molecule has 0 atom stereocenters. The summed E-state index contributed by atoms with van der Waals surface area (Å²) in [7, 11) is 0. The summed E-state index contributed by atoms with van der Waals surface area (Å²) in [5.41, 5.74) is 1.90. The van der Waals surface area contributed by atoms with Crippen molar-refractivity contribution in [2.24, 2.45) is 5.41 Å². The molecule has 1 N–H and O–H groups in total. The van der Waals surface area contributed by atoms with Gasteiger partial charge >= 0.3 is 0 Å². The van der Waals surface area contributed by atoms with E-state index >= 15 is 0 Å². The molecular formula is C17H28N2O. The van der Waals surface area contributed by atoms with Gasteiger partial charge in [0.25, 0.3) is 0 Å². The summed E-state index contributed by atoms with van der Waals surface area (Å²) in [6.45, 7) is 13.9. The van der Waals surface area contributed by atoms with Gasteiger partial charge in [-0.3, -0.25) is 4.90 Å². The molecule has 0 radical (unpaired) electrons. The fourth-order valence-corrected chi connectivity index (χ4v) is 2.61. The van der Waals surface area contributed by atoms with Crippen LogP contribution in [0.4, 0.5) is 0 Å². The first kappa shape index (κ1) is 15.3. The van der Waals surface area contributed by atoms with Crippen LogP contribution >= 0.6 is 0 Å². The zero-order valence-electron chi connectivity index (χ0n) is 13.3. The molecule has 1 aromatic rings. The van der Waals surface area contributed by atoms with Crippen molar-refractivity contribution in [1.82, 2.24) is 10.2 Å². The van der Waals surface area contributed by atoms with E-state index < -0.39 is 0 Å². The highest BCUT2D eigenvalue weighted by molar-refractivity contribution is 5.15. The Morgan fingerprint density at radius 3 is 2.60 bits per heavy atom. The number of nitrogens with zero attached hydrogens (tertiary/aromatic N) is 1. The fraction of sp³-hybridized carbons (Fsp3) is 0.647. The molecule has 3 nitrogen and oxygen atoms in total. The van der Waals surface area contributed by atoms with Gasteiger partial charge in [-0.2, -0.15) is 0 Å². The van der Waals surface area contributed by atoms with E-state index in [1.165, 1.54) is 6.42 Å². The van der Waals surface area contributed by atoms with E-state index in [0.717, 1.165) is 44.2 Å². The lowest BCUT2D eigenvalue weighted by Gasteiger charge is -2.31. The minimum absolute atomic E-state index is 0.315. The van der Waals surface area contributed by atoms with Crippen LogP contribution in [0.3, 0.4) is 0 Å². The summed E-state index contributed by atoms with van der Waals surface area (Å²) in [5, 5.41) is 3.29. The molecule has 0 saturated carbocycles. The van der Waals surface area contributed by atoms with Crippen molar-refractivity contribution in [2.75, 3.05) is 19.6 Å². The molecule has 1 aliphatic rings. The maximum Gasteiger partial charge on any atom is 0.118 e. The van der Waals surface area contributed by atoms with Crippen molar-refractivity contribution < 1.29 is 4.42 Å². The van der Waals surface area contributed by atoms with Gasteiger partial charge in [-0.1, -0.05) is 39.3 Å². The molecular weight excluding hydrogens is 248 g/mol. The van der Waals surface area contributed by atoms with E-state index in [1.54, 1.807) is 5.57 Å². The Balaban J connectivity index is 1.86. The molecule has 0 unspecified atom stereocenters. The van der Waals surface area contributed by atoms with Crippen LogP contribution in [0.2, 0.25) is 0 Å². The van der Waals surface area contributed by atoms with Crippen LogP contribution in [0, 0.1) is 5.41 Å². The zero-order chi connectivity index (χ0) is 14.6. The molecule has 112 valence electrons. The molecule has 0 aliphatic carbocycles. The largest absolute Gasteiger partial charge is 0.463 e. The van der Waals surface area contributed by atoms with Crippen molar-refractivity contribution in [3.8, 4) is 0 Å². The third kappa shape index (κ3) is 4.22. The molecule has 0 fully saturated rings. The highest BCUT2D eigenvalue weighted by Gasteiger charge is 2.21. The summed E-state index contributed by atoms with van der Waals surface area (Å²) in [5.74, 6) is 2.11. The van der Waals surface area contributed by atoms with Gasteiger partial charge in [-0.25, -0.2) is 0 Å². The maximum absolute atomic E-state index is 5.86. The van der Waals surface area contributed by atoms with E-state index in [-0.39, 0.29) is 0 Å². The van der Waals surface area contributed by atoms with Gasteiger partial charge in [0.2, 0.25) is 0 Å². The predicted molar refractivity (Wildman–Crippen MR) is 83.5 cm³/mol. The minimum atomic E-state index is 0.315. The van der Waals surface area contributed by atoms with Crippen LogP contribution in [-0.2, 0) is 13.1 Å². The van der Waals surface area contributed by atoms with Gasteiger partial charge < -0.3 is 9.73 Å². The SMILES string of the molecule is CCNCc1ccc(CN2CC=C(C(C)(C)C)CC2)o1. The molecule has 1 aromatic heterocycles. The van der Waals surface area contributed by atoms with Gasteiger partial charge in [-0.15, -0.1) is 0 Å². The minimum Gasteiger partial charge on any atom is -0.463 e. The van der Waals surface area contributed by atoms with Gasteiger partial charge in [0.1, 0.15) is 11.5 Å². The van der Waals surface area contributed by atoms with E-state index in [1.807, 2.05) is 0 Å². The van der Waals surface area contributed by atoms with Crippen LogP contribution in [0.1, 0.15) is 45.6 Å². The van der Waals surface area contributed by atoms with Crippen LogP contribution in [0.15, 0.2) is 28.2 Å². The second-order valence-electron chi connectivity index (χ2n) is 6.61. The number of rotatable bonds is 5. The Bertz CT molecular complexity index is 454. The van der Waals surface area contributed by atoms with Crippen molar-refractivity contribution in [3.63, 3.8) is 0 Å². The van der Waals surface area contributed by atoms with E-state index in [9.17, 15) is 0 Å². The summed E-state index contributed by atoms with van der Waals surface area (Å²) in [6, 6.07) is 4.19. The lowest BCUT2D eigenvalue weighted by atomic mass is 9.83. The second-order valence-corrected chi connectivity index (χ2v) is 6.61. The van der Waals surface area contributed by atoms with Crippen LogP contribution in [0.5, 0.6) is 0 Å². The van der Waals surface area contributed by atoms with Gasteiger partial charge in [0, 0.05) is 13.1 Å². The first-order valence-corrected chi connectivity index (χ1v) is 7.69. The first-order chi connectivity index (χ1) is 9.49. The van der Waals surface area contributed by atoms with Gasteiger partial charge in [-0.05, 0) is 30.5 Å². The van der Waals surface area contributed by atoms with Crippen molar-refractivity contribution >= 4 is 0 Å². The maximum atomic E-state index is 5.86. The molecule has 20 heavy (non-hydrogen) atoms. The van der Waals surface area contributed by atoms with Crippen LogP contribution < -0.4 is 5.32 Å². The van der Waals surface area contributed by atoms with E-state index in [4.69, 9.17) is 4.42 Å². The Hall–Kier alpha value is -1.06. The Labute approximate surface area is 123 Å². The summed E-state index contributed by atoms with van der Waals surface area (Å²) in [6.07, 6.45) is 3.57. The number of hydrogen-bond acceptors (Lipinski definition) is 3. The number of hydrogen-bond donors (Lipinski definition) is 1. The molecule has 0 saturated heterocycles. The molecule has 0 spiro atoms. The quantitative estimate of drug-likeness (QED) is 0.833. The smallest absolute Gasteiger partial charge is 0.118 e. The van der Waals surface area contributed by atoms with Crippen LogP contribution in [-0.4, -0.2) is 24.5 Å². The number of furan rings is 1. The highest BCUT2D eigenvalue weighted by atomic mass is 16.3. The second kappa shape index (κ2) is 6.59. The third-order valence-corrected chi connectivity index (χ3v) is 3.90. The van der Waals surface area contributed by atoms with E-state index in [0.29, 0.717) is 5.41 Å². The Morgan fingerprint density at radius 2 is 2.00 bits per heavy atom. The molecule has 1 aliphatic heterocycles. The molecule has 2 heterocycles. The molecule has 0 aromatic carbocycles. The van der Waals surface area contributed by atoms with E-state index in [2.05, 4.69) is 56.1 Å². The highest BCUT2D eigenvalue weighted by Crippen LogP contribution is 2.30. The van der Waals surface area contributed by atoms with Crippen molar-refractivity contribution in [1.29, 1.82) is 0 Å². The number of nitrogens with one attached hydrogen (secondary N) is 1.